The fraction of sp³-hybridized carbons (Fsp3) is 0. The molecule has 1 aliphatic carbocycles. The van der Waals surface area contributed by atoms with Gasteiger partial charge in [-0.25, -0.2) is 0 Å². The molecule has 6 heteroatoms. The Bertz CT molecular complexity index is 438. The summed E-state index contributed by atoms with van der Waals surface area (Å²) in [6, 6.07) is 0. The Balaban J connectivity index is 2.73. The standard InChI is InChI=1S/C8H4ClN3O2/c9-5-6(10)8(14)4-2-12-11-1-3(4)7(5)13/h1-2H,10H2. The van der Waals surface area contributed by atoms with Crippen LogP contribution >= 0.6 is 11.6 Å². The van der Waals surface area contributed by atoms with E-state index < -0.39 is 11.6 Å². The molecule has 70 valence electrons. The maximum Gasteiger partial charge on any atom is 0.212 e. The number of fused-ring (bicyclic) bond motifs is 1. The minimum absolute atomic E-state index is 0.143. The zero-order valence-corrected chi connectivity index (χ0v) is 7.58. The molecule has 0 bridgehead atoms. The van der Waals surface area contributed by atoms with Crippen LogP contribution in [0.1, 0.15) is 20.7 Å². The molecule has 0 radical (unpaired) electrons. The minimum Gasteiger partial charge on any atom is -0.394 e. The van der Waals surface area contributed by atoms with Crippen molar-refractivity contribution in [2.24, 2.45) is 5.73 Å². The van der Waals surface area contributed by atoms with Gasteiger partial charge in [0.15, 0.2) is 0 Å². The number of carbonyl (C=O) groups excluding carboxylic acids is 2. The molecule has 0 saturated heterocycles. The normalized spacial score (nSPS) is 15.8. The fourth-order valence-electron chi connectivity index (χ4n) is 1.17. The highest BCUT2D eigenvalue weighted by Crippen LogP contribution is 2.24. The van der Waals surface area contributed by atoms with Crippen LogP contribution in [0.25, 0.3) is 0 Å². The lowest BCUT2D eigenvalue weighted by molar-refractivity contribution is 0.0978. The first kappa shape index (κ1) is 8.83. The Labute approximate surface area is 83.6 Å². The van der Waals surface area contributed by atoms with Gasteiger partial charge >= 0.3 is 0 Å². The second-order valence-electron chi connectivity index (χ2n) is 2.70. The summed E-state index contributed by atoms with van der Waals surface area (Å²) in [6.07, 6.45) is 2.40. The number of rotatable bonds is 0. The van der Waals surface area contributed by atoms with Crippen molar-refractivity contribution in [3.05, 3.63) is 34.2 Å². The zero-order chi connectivity index (χ0) is 10.3. The van der Waals surface area contributed by atoms with E-state index in [2.05, 4.69) is 10.2 Å². The largest absolute Gasteiger partial charge is 0.394 e. The molecule has 0 atom stereocenters. The molecule has 0 aliphatic heterocycles. The SMILES string of the molecule is NC1=C(Cl)C(=O)c2cnncc2C1=O. The highest BCUT2D eigenvalue weighted by Gasteiger charge is 2.30. The summed E-state index contributed by atoms with van der Waals surface area (Å²) in [5.41, 5.74) is 5.41. The highest BCUT2D eigenvalue weighted by atomic mass is 35.5. The molecule has 0 aromatic carbocycles. The third-order valence-corrected chi connectivity index (χ3v) is 2.28. The Morgan fingerprint density at radius 1 is 1.07 bits per heavy atom. The monoisotopic (exact) mass is 209 g/mol. The third-order valence-electron chi connectivity index (χ3n) is 1.90. The molecule has 1 aromatic heterocycles. The second-order valence-corrected chi connectivity index (χ2v) is 3.08. The maximum absolute atomic E-state index is 11.5. The van der Waals surface area contributed by atoms with Crippen molar-refractivity contribution in [3.8, 4) is 0 Å². The van der Waals surface area contributed by atoms with E-state index in [-0.39, 0.29) is 21.9 Å². The Morgan fingerprint density at radius 2 is 1.57 bits per heavy atom. The number of carbonyl (C=O) groups is 2. The summed E-state index contributed by atoms with van der Waals surface area (Å²) in [5, 5.41) is 6.74. The van der Waals surface area contributed by atoms with Gasteiger partial charge in [-0.05, 0) is 0 Å². The van der Waals surface area contributed by atoms with E-state index in [1.165, 1.54) is 12.4 Å². The number of allylic oxidation sites excluding steroid dienone is 2. The van der Waals surface area contributed by atoms with Crippen LogP contribution in [0.3, 0.4) is 0 Å². The molecule has 0 spiro atoms. The van der Waals surface area contributed by atoms with Gasteiger partial charge < -0.3 is 5.73 Å². The van der Waals surface area contributed by atoms with Gasteiger partial charge in [0.25, 0.3) is 0 Å². The molecule has 2 N–H and O–H groups in total. The van der Waals surface area contributed by atoms with E-state index in [4.69, 9.17) is 17.3 Å². The molecule has 2 rings (SSSR count). The van der Waals surface area contributed by atoms with Crippen molar-refractivity contribution in [3.63, 3.8) is 0 Å². The average Bonchev–Trinajstić information content (AvgIpc) is 2.23. The summed E-state index contributed by atoms with van der Waals surface area (Å²) in [4.78, 5) is 23.0. The van der Waals surface area contributed by atoms with Gasteiger partial charge in [-0.3, -0.25) is 9.59 Å². The van der Waals surface area contributed by atoms with E-state index >= 15 is 0 Å². The number of Topliss-reactive ketones (excluding diaryl/α,β-unsaturated/α-hetero) is 2. The second kappa shape index (κ2) is 2.88. The molecule has 0 amide bonds. The summed E-state index contributed by atoms with van der Waals surface area (Å²) >= 11 is 5.58. The number of aromatic nitrogens is 2. The molecule has 0 unspecified atom stereocenters. The van der Waals surface area contributed by atoms with Gasteiger partial charge in [0.1, 0.15) is 10.7 Å². The smallest absolute Gasteiger partial charge is 0.212 e. The van der Waals surface area contributed by atoms with Crippen LogP contribution in [0.4, 0.5) is 0 Å². The van der Waals surface area contributed by atoms with Crippen molar-refractivity contribution in [1.82, 2.24) is 10.2 Å². The van der Waals surface area contributed by atoms with E-state index in [9.17, 15) is 9.59 Å². The molecule has 0 saturated carbocycles. The number of hydrogen-bond acceptors (Lipinski definition) is 5. The molecule has 1 heterocycles. The number of halogens is 1. The first-order valence-corrected chi connectivity index (χ1v) is 4.06. The lowest BCUT2D eigenvalue weighted by Crippen LogP contribution is -2.25. The molecule has 14 heavy (non-hydrogen) atoms. The van der Waals surface area contributed by atoms with Gasteiger partial charge in [0.2, 0.25) is 11.6 Å². The van der Waals surface area contributed by atoms with E-state index in [1.54, 1.807) is 0 Å². The van der Waals surface area contributed by atoms with Crippen molar-refractivity contribution in [2.75, 3.05) is 0 Å². The molecular weight excluding hydrogens is 206 g/mol. The fourth-order valence-corrected chi connectivity index (χ4v) is 1.36. The third kappa shape index (κ3) is 1.03. The van der Waals surface area contributed by atoms with Gasteiger partial charge in [-0.15, -0.1) is 0 Å². The molecule has 1 aliphatic rings. The summed E-state index contributed by atoms with van der Waals surface area (Å²) in [7, 11) is 0. The predicted molar refractivity (Wildman–Crippen MR) is 47.8 cm³/mol. The minimum atomic E-state index is -0.492. The highest BCUT2D eigenvalue weighted by molar-refractivity contribution is 6.49. The van der Waals surface area contributed by atoms with Crippen LogP contribution in [0.2, 0.25) is 0 Å². The van der Waals surface area contributed by atoms with Crippen molar-refractivity contribution in [1.29, 1.82) is 0 Å². The van der Waals surface area contributed by atoms with E-state index in [0.29, 0.717) is 0 Å². The lowest BCUT2D eigenvalue weighted by atomic mass is 9.96. The van der Waals surface area contributed by atoms with Crippen molar-refractivity contribution >= 4 is 23.2 Å². The van der Waals surface area contributed by atoms with Gasteiger partial charge in [-0.1, -0.05) is 11.6 Å². The number of nitrogens with two attached hydrogens (primary N) is 1. The molecule has 0 fully saturated rings. The molecule has 1 aromatic rings. The van der Waals surface area contributed by atoms with Crippen LogP contribution in [0, 0.1) is 0 Å². The molecular formula is C8H4ClN3O2. The van der Waals surface area contributed by atoms with Crippen molar-refractivity contribution < 1.29 is 9.59 Å². The topological polar surface area (TPSA) is 85.9 Å². The maximum atomic E-state index is 11.5. The lowest BCUT2D eigenvalue weighted by Gasteiger charge is -2.12. The van der Waals surface area contributed by atoms with Gasteiger partial charge in [-0.2, -0.15) is 10.2 Å². The van der Waals surface area contributed by atoms with Crippen LogP contribution in [0.5, 0.6) is 0 Å². The average molecular weight is 210 g/mol. The van der Waals surface area contributed by atoms with Crippen LogP contribution < -0.4 is 5.73 Å². The van der Waals surface area contributed by atoms with E-state index in [1.807, 2.05) is 0 Å². The predicted octanol–water partition coefficient (Wildman–Crippen LogP) is 0.265. The number of hydrogen-bond donors (Lipinski definition) is 1. The van der Waals surface area contributed by atoms with Gasteiger partial charge in [0, 0.05) is 0 Å². The first-order chi connectivity index (χ1) is 6.63. The van der Waals surface area contributed by atoms with Gasteiger partial charge in [0.05, 0.1) is 23.5 Å². The van der Waals surface area contributed by atoms with Crippen LogP contribution in [-0.2, 0) is 0 Å². The Hall–Kier alpha value is -1.75. The summed E-state index contributed by atoms with van der Waals surface area (Å²) in [5.74, 6) is -0.979. The molecule has 5 nitrogen and oxygen atoms in total. The Morgan fingerprint density at radius 3 is 2.14 bits per heavy atom. The summed E-state index contributed by atoms with van der Waals surface area (Å²) in [6.45, 7) is 0. The van der Waals surface area contributed by atoms with Crippen LogP contribution in [-0.4, -0.2) is 21.8 Å². The van der Waals surface area contributed by atoms with E-state index in [0.717, 1.165) is 0 Å². The Kier molecular flexibility index (Phi) is 1.82. The first-order valence-electron chi connectivity index (χ1n) is 3.68. The quantitative estimate of drug-likeness (QED) is 0.663. The summed E-state index contributed by atoms with van der Waals surface area (Å²) < 4.78 is 0. The van der Waals surface area contributed by atoms with Crippen molar-refractivity contribution in [2.45, 2.75) is 0 Å². The van der Waals surface area contributed by atoms with Crippen LogP contribution in [0.15, 0.2) is 23.1 Å². The number of ketones is 2. The number of nitrogens with zero attached hydrogens (tertiary/aromatic N) is 2. The zero-order valence-electron chi connectivity index (χ0n) is 6.82.